The lowest BCUT2D eigenvalue weighted by molar-refractivity contribution is -0.870. The molecule has 1 N–H and O–H groups in total. The fourth-order valence-electron chi connectivity index (χ4n) is 6.42. The average Bonchev–Trinajstić information content (AvgIpc) is 3.30. The molecule has 0 amide bonds. The molecule has 0 spiro atoms. The van der Waals surface area contributed by atoms with E-state index in [9.17, 15) is 19.0 Å². The number of likely N-dealkylation sites (N-methyl/N-ethyl adjacent to an activating group) is 1. The van der Waals surface area contributed by atoms with E-state index in [0.29, 0.717) is 23.9 Å². The summed E-state index contributed by atoms with van der Waals surface area (Å²) in [5.74, 6) is -0.843. The number of ether oxygens (including phenoxy) is 2. The van der Waals surface area contributed by atoms with Gasteiger partial charge in [-0.2, -0.15) is 0 Å². The standard InChI is InChI=1S/C58H96NO8P/c1-6-8-10-12-14-16-18-20-21-22-23-24-25-26-27-28-29-30-31-32-33-34-35-36-37-39-41-43-45-47-49-51-58(61)67-56(55-66-68(62,63)65-53-52-59(3,4)5)54-64-57(60)50-48-46-44-42-40-38-19-17-15-13-11-9-7-2/h8,10-11,13-14,16-17,19-21,23-24,26-27,29-30,32-33,35-36,56H,6-7,9,12,15,18,22,25,28,31,34,37-55H2,1-5H3/p+1/b10-8-,13-11-,16-14-,19-17-,21-20-,24-23-,27-26-,30-29-,33-32-,36-35-. The molecular formula is C58H97NO8P+. The van der Waals surface area contributed by atoms with Gasteiger partial charge in [-0.05, 0) is 103 Å². The van der Waals surface area contributed by atoms with Crippen molar-refractivity contribution < 1.29 is 42.1 Å². The SMILES string of the molecule is CC/C=C\C/C=C\C/C=C\C/C=C\C/C=C\C/C=C\C/C=C\C/C=C\CCCCCCCCC(=O)OC(COC(=O)CCCCCCC/C=C\C/C=C\CCC)COP(=O)(O)OCC[N+](C)(C)C. The van der Waals surface area contributed by atoms with Gasteiger partial charge in [0.05, 0.1) is 27.7 Å². The van der Waals surface area contributed by atoms with Crippen molar-refractivity contribution in [1.29, 1.82) is 0 Å². The van der Waals surface area contributed by atoms with Gasteiger partial charge in [0.15, 0.2) is 6.10 Å². The third kappa shape index (κ3) is 51.8. The molecule has 9 nitrogen and oxygen atoms in total. The van der Waals surface area contributed by atoms with Crippen LogP contribution in [0.1, 0.15) is 181 Å². The predicted molar refractivity (Wildman–Crippen MR) is 288 cm³/mol. The second kappa shape index (κ2) is 48.4. The van der Waals surface area contributed by atoms with Crippen LogP contribution in [0.2, 0.25) is 0 Å². The van der Waals surface area contributed by atoms with Gasteiger partial charge < -0.3 is 18.9 Å². The third-order valence-electron chi connectivity index (χ3n) is 10.5. The summed E-state index contributed by atoms with van der Waals surface area (Å²) in [4.78, 5) is 35.5. The fourth-order valence-corrected chi connectivity index (χ4v) is 7.16. The zero-order valence-corrected chi connectivity index (χ0v) is 44.4. The van der Waals surface area contributed by atoms with Crippen LogP contribution in [0.25, 0.3) is 0 Å². The molecule has 68 heavy (non-hydrogen) atoms. The lowest BCUT2D eigenvalue weighted by atomic mass is 10.1. The van der Waals surface area contributed by atoms with Crippen molar-refractivity contribution in [1.82, 2.24) is 0 Å². The Kier molecular flexibility index (Phi) is 45.9. The summed E-state index contributed by atoms with van der Waals surface area (Å²) in [6.07, 6.45) is 68.3. The number of unbranched alkanes of at least 4 members (excludes halogenated alkanes) is 12. The van der Waals surface area contributed by atoms with Crippen LogP contribution in [0, 0.1) is 0 Å². The lowest BCUT2D eigenvalue weighted by Crippen LogP contribution is -2.37. The number of rotatable bonds is 46. The number of carbonyl (C=O) groups is 2. The van der Waals surface area contributed by atoms with Crippen LogP contribution in [-0.4, -0.2) is 74.9 Å². The molecule has 0 rings (SSSR count). The first-order chi connectivity index (χ1) is 33.0. The summed E-state index contributed by atoms with van der Waals surface area (Å²) in [6.45, 7) is 4.19. The molecule has 2 unspecified atom stereocenters. The molecule has 0 fully saturated rings. The number of esters is 2. The van der Waals surface area contributed by atoms with Gasteiger partial charge in [0.2, 0.25) is 0 Å². The zero-order valence-electron chi connectivity index (χ0n) is 43.5. The first-order valence-corrected chi connectivity index (χ1v) is 27.8. The van der Waals surface area contributed by atoms with E-state index >= 15 is 0 Å². The second-order valence-corrected chi connectivity index (χ2v) is 19.6. The Labute approximate surface area is 416 Å². The Morgan fingerprint density at radius 1 is 0.471 bits per heavy atom. The molecule has 0 radical (unpaired) electrons. The van der Waals surface area contributed by atoms with Crippen LogP contribution in [0.15, 0.2) is 122 Å². The number of allylic oxidation sites excluding steroid dienone is 20. The van der Waals surface area contributed by atoms with Gasteiger partial charge in [-0.15, -0.1) is 0 Å². The van der Waals surface area contributed by atoms with E-state index in [1.165, 1.54) is 6.42 Å². The maximum atomic E-state index is 12.8. The summed E-state index contributed by atoms with van der Waals surface area (Å²) < 4.78 is 34.4. The first kappa shape index (κ1) is 64.4. The molecule has 0 aromatic heterocycles. The third-order valence-corrected chi connectivity index (χ3v) is 11.4. The van der Waals surface area contributed by atoms with Crippen LogP contribution in [0.5, 0.6) is 0 Å². The summed E-state index contributed by atoms with van der Waals surface area (Å²) in [6, 6.07) is 0. The molecule has 0 aliphatic heterocycles. The Morgan fingerprint density at radius 2 is 0.838 bits per heavy atom. The summed E-state index contributed by atoms with van der Waals surface area (Å²) in [5, 5.41) is 0. The number of hydrogen-bond donors (Lipinski definition) is 1. The van der Waals surface area contributed by atoms with Gasteiger partial charge in [-0.25, -0.2) is 4.57 Å². The van der Waals surface area contributed by atoms with Crippen molar-refractivity contribution in [3.63, 3.8) is 0 Å². The normalized spacial score (nSPS) is 14.4. The van der Waals surface area contributed by atoms with E-state index < -0.39 is 32.5 Å². The van der Waals surface area contributed by atoms with Crippen LogP contribution in [0.4, 0.5) is 0 Å². The topological polar surface area (TPSA) is 108 Å². The van der Waals surface area contributed by atoms with E-state index in [0.717, 1.165) is 135 Å². The molecule has 0 aliphatic carbocycles. The van der Waals surface area contributed by atoms with Crippen molar-refractivity contribution >= 4 is 19.8 Å². The maximum Gasteiger partial charge on any atom is 0.472 e. The van der Waals surface area contributed by atoms with Crippen LogP contribution < -0.4 is 0 Å². The molecular weight excluding hydrogens is 870 g/mol. The summed E-state index contributed by atoms with van der Waals surface area (Å²) in [7, 11) is 1.44. The highest BCUT2D eigenvalue weighted by Crippen LogP contribution is 2.43. The highest BCUT2D eigenvalue weighted by molar-refractivity contribution is 7.47. The Hall–Kier alpha value is -3.59. The predicted octanol–water partition coefficient (Wildman–Crippen LogP) is 16.0. The zero-order chi connectivity index (χ0) is 49.9. The number of phosphoric ester groups is 1. The van der Waals surface area contributed by atoms with Crippen molar-refractivity contribution in [2.75, 3.05) is 47.5 Å². The molecule has 2 atom stereocenters. The highest BCUT2D eigenvalue weighted by atomic mass is 31.2. The van der Waals surface area contributed by atoms with Crippen LogP contribution >= 0.6 is 7.82 Å². The minimum atomic E-state index is -4.40. The minimum absolute atomic E-state index is 0.0191. The molecule has 10 heteroatoms. The monoisotopic (exact) mass is 967 g/mol. The van der Waals surface area contributed by atoms with E-state index in [2.05, 4.69) is 135 Å². The maximum absolute atomic E-state index is 12.8. The molecule has 0 saturated carbocycles. The smallest absolute Gasteiger partial charge is 0.462 e. The fraction of sp³-hybridized carbons (Fsp3) is 0.621. The van der Waals surface area contributed by atoms with Crippen molar-refractivity contribution in [3.8, 4) is 0 Å². The average molecular weight is 967 g/mol. The Balaban J connectivity index is 4.26. The first-order valence-electron chi connectivity index (χ1n) is 26.3. The Bertz CT molecular complexity index is 1560. The minimum Gasteiger partial charge on any atom is -0.462 e. The number of nitrogens with zero attached hydrogens (tertiary/aromatic N) is 1. The van der Waals surface area contributed by atoms with E-state index in [1.54, 1.807) is 0 Å². The second-order valence-electron chi connectivity index (χ2n) is 18.2. The molecule has 0 saturated heterocycles. The molecule has 0 aliphatic rings. The van der Waals surface area contributed by atoms with Gasteiger partial charge in [-0.1, -0.05) is 187 Å². The van der Waals surface area contributed by atoms with Gasteiger partial charge in [0.25, 0.3) is 0 Å². The van der Waals surface area contributed by atoms with Gasteiger partial charge >= 0.3 is 19.8 Å². The van der Waals surface area contributed by atoms with E-state index in [-0.39, 0.29) is 26.1 Å². The van der Waals surface area contributed by atoms with Gasteiger partial charge in [-0.3, -0.25) is 18.6 Å². The van der Waals surface area contributed by atoms with Crippen molar-refractivity contribution in [3.05, 3.63) is 122 Å². The largest absolute Gasteiger partial charge is 0.472 e. The number of phosphoric acid groups is 1. The van der Waals surface area contributed by atoms with Crippen molar-refractivity contribution in [2.45, 2.75) is 187 Å². The Morgan fingerprint density at radius 3 is 1.25 bits per heavy atom. The number of carbonyl (C=O) groups excluding carboxylic acids is 2. The van der Waals surface area contributed by atoms with E-state index in [4.69, 9.17) is 18.5 Å². The highest BCUT2D eigenvalue weighted by Gasteiger charge is 2.27. The van der Waals surface area contributed by atoms with Crippen molar-refractivity contribution in [2.24, 2.45) is 0 Å². The molecule has 0 heterocycles. The summed E-state index contributed by atoms with van der Waals surface area (Å²) >= 11 is 0. The molecule has 0 aromatic rings. The quantitative estimate of drug-likeness (QED) is 0.0211. The molecule has 386 valence electrons. The lowest BCUT2D eigenvalue weighted by Gasteiger charge is -2.24. The molecule has 0 bridgehead atoms. The summed E-state index contributed by atoms with van der Waals surface area (Å²) in [5.41, 5.74) is 0. The van der Waals surface area contributed by atoms with Gasteiger partial charge in [0.1, 0.15) is 19.8 Å². The van der Waals surface area contributed by atoms with Crippen LogP contribution in [-0.2, 0) is 32.7 Å². The van der Waals surface area contributed by atoms with Gasteiger partial charge in [0, 0.05) is 12.8 Å². The number of quaternary nitrogens is 1. The number of hydrogen-bond acceptors (Lipinski definition) is 7. The van der Waals surface area contributed by atoms with E-state index in [1.807, 2.05) is 21.1 Å². The van der Waals surface area contributed by atoms with Crippen LogP contribution in [0.3, 0.4) is 0 Å². The molecule has 0 aromatic carbocycles.